The Bertz CT molecular complexity index is 435. The summed E-state index contributed by atoms with van der Waals surface area (Å²) in [5.41, 5.74) is 1.30. The van der Waals surface area contributed by atoms with Gasteiger partial charge in [0.2, 0.25) is 6.39 Å². The van der Waals surface area contributed by atoms with E-state index in [-0.39, 0.29) is 0 Å². The number of nitrogens with zero attached hydrogens (tertiary/aromatic N) is 3. The molecule has 0 bridgehead atoms. The summed E-state index contributed by atoms with van der Waals surface area (Å²) >= 11 is 0. The van der Waals surface area contributed by atoms with E-state index in [9.17, 15) is 0 Å². The van der Waals surface area contributed by atoms with Gasteiger partial charge in [0, 0.05) is 18.4 Å². The molecule has 5 heteroatoms. The highest BCUT2D eigenvalue weighted by Crippen LogP contribution is 2.16. The number of aromatic nitrogens is 3. The standard InChI is InChI=1S/C12H18N4O/c1-3-11(13-4-2)10-5-6-16(7-10)8-12-14-9-17-15-12/h5-7,9,11,13H,3-4,8H2,1-2H3. The topological polar surface area (TPSA) is 55.9 Å². The Morgan fingerprint density at radius 3 is 3.00 bits per heavy atom. The molecule has 2 aromatic heterocycles. The van der Waals surface area contributed by atoms with Crippen LogP contribution in [0.4, 0.5) is 0 Å². The Labute approximate surface area is 101 Å². The van der Waals surface area contributed by atoms with E-state index in [2.05, 4.69) is 46.1 Å². The van der Waals surface area contributed by atoms with Crippen molar-refractivity contribution in [2.45, 2.75) is 32.9 Å². The summed E-state index contributed by atoms with van der Waals surface area (Å²) in [7, 11) is 0. The van der Waals surface area contributed by atoms with Crippen molar-refractivity contribution in [1.29, 1.82) is 0 Å². The predicted molar refractivity (Wildman–Crippen MR) is 64.5 cm³/mol. The third-order valence-electron chi connectivity index (χ3n) is 2.77. The Morgan fingerprint density at radius 1 is 1.47 bits per heavy atom. The molecular weight excluding hydrogens is 216 g/mol. The number of rotatable bonds is 6. The minimum Gasteiger partial charge on any atom is -0.346 e. The fourth-order valence-electron chi connectivity index (χ4n) is 1.93. The van der Waals surface area contributed by atoms with Gasteiger partial charge in [0.1, 0.15) is 0 Å². The van der Waals surface area contributed by atoms with Crippen LogP contribution < -0.4 is 5.32 Å². The lowest BCUT2D eigenvalue weighted by Crippen LogP contribution is -2.19. The van der Waals surface area contributed by atoms with Crippen LogP contribution in [0.3, 0.4) is 0 Å². The van der Waals surface area contributed by atoms with Gasteiger partial charge in [-0.25, -0.2) is 0 Å². The molecule has 0 saturated heterocycles. The van der Waals surface area contributed by atoms with Gasteiger partial charge in [-0.15, -0.1) is 0 Å². The first-order valence-electron chi connectivity index (χ1n) is 5.97. The van der Waals surface area contributed by atoms with Gasteiger partial charge in [-0.2, -0.15) is 4.98 Å². The van der Waals surface area contributed by atoms with Crippen LogP contribution in [0.5, 0.6) is 0 Å². The lowest BCUT2D eigenvalue weighted by atomic mass is 10.1. The van der Waals surface area contributed by atoms with Crippen LogP contribution in [-0.4, -0.2) is 21.3 Å². The fourth-order valence-corrected chi connectivity index (χ4v) is 1.93. The van der Waals surface area contributed by atoms with Gasteiger partial charge >= 0.3 is 0 Å². The Balaban J connectivity index is 2.04. The minimum atomic E-state index is 0.423. The first kappa shape index (κ1) is 11.9. The zero-order valence-electron chi connectivity index (χ0n) is 10.3. The highest BCUT2D eigenvalue weighted by atomic mass is 16.5. The first-order valence-corrected chi connectivity index (χ1v) is 5.97. The molecule has 0 aliphatic rings. The van der Waals surface area contributed by atoms with Crippen molar-refractivity contribution < 1.29 is 4.52 Å². The Morgan fingerprint density at radius 2 is 2.35 bits per heavy atom. The zero-order chi connectivity index (χ0) is 12.1. The zero-order valence-corrected chi connectivity index (χ0v) is 10.3. The molecule has 1 unspecified atom stereocenters. The highest BCUT2D eigenvalue weighted by Gasteiger charge is 2.09. The maximum atomic E-state index is 4.71. The van der Waals surface area contributed by atoms with E-state index in [1.54, 1.807) is 0 Å². The van der Waals surface area contributed by atoms with Crippen molar-refractivity contribution in [2.24, 2.45) is 0 Å². The molecule has 0 fully saturated rings. The van der Waals surface area contributed by atoms with Crippen molar-refractivity contribution in [3.63, 3.8) is 0 Å². The van der Waals surface area contributed by atoms with E-state index >= 15 is 0 Å². The monoisotopic (exact) mass is 234 g/mol. The van der Waals surface area contributed by atoms with E-state index in [0.29, 0.717) is 18.4 Å². The molecule has 2 heterocycles. The van der Waals surface area contributed by atoms with Gasteiger partial charge in [0.05, 0.1) is 6.54 Å². The average Bonchev–Trinajstić information content (AvgIpc) is 2.98. The van der Waals surface area contributed by atoms with Crippen molar-refractivity contribution >= 4 is 0 Å². The fraction of sp³-hybridized carbons (Fsp3) is 0.500. The normalized spacial score (nSPS) is 12.8. The van der Waals surface area contributed by atoms with E-state index in [1.165, 1.54) is 12.0 Å². The molecule has 1 N–H and O–H groups in total. The molecular formula is C12H18N4O. The number of hydrogen-bond donors (Lipinski definition) is 1. The van der Waals surface area contributed by atoms with Gasteiger partial charge in [0.15, 0.2) is 5.82 Å². The summed E-state index contributed by atoms with van der Waals surface area (Å²) in [6.07, 6.45) is 6.62. The molecule has 5 nitrogen and oxygen atoms in total. The van der Waals surface area contributed by atoms with Crippen molar-refractivity contribution in [3.05, 3.63) is 36.2 Å². The number of nitrogens with one attached hydrogen (secondary N) is 1. The average molecular weight is 234 g/mol. The summed E-state index contributed by atoms with van der Waals surface area (Å²) in [5, 5.41) is 7.26. The van der Waals surface area contributed by atoms with E-state index in [4.69, 9.17) is 4.52 Å². The predicted octanol–water partition coefficient (Wildman–Crippen LogP) is 1.98. The molecule has 92 valence electrons. The Kier molecular flexibility index (Phi) is 3.93. The van der Waals surface area contributed by atoms with Crippen molar-refractivity contribution in [1.82, 2.24) is 20.0 Å². The second-order valence-corrected chi connectivity index (χ2v) is 3.98. The van der Waals surface area contributed by atoms with Crippen LogP contribution in [-0.2, 0) is 6.54 Å². The number of hydrogen-bond acceptors (Lipinski definition) is 4. The lowest BCUT2D eigenvalue weighted by Gasteiger charge is -2.13. The quantitative estimate of drug-likeness (QED) is 0.830. The largest absolute Gasteiger partial charge is 0.346 e. The van der Waals surface area contributed by atoms with E-state index in [0.717, 1.165) is 13.0 Å². The lowest BCUT2D eigenvalue weighted by molar-refractivity contribution is 0.408. The van der Waals surface area contributed by atoms with E-state index < -0.39 is 0 Å². The molecule has 0 aliphatic heterocycles. The van der Waals surface area contributed by atoms with Gasteiger partial charge in [-0.1, -0.05) is 19.0 Å². The third kappa shape index (κ3) is 2.94. The van der Waals surface area contributed by atoms with Crippen LogP contribution in [0, 0.1) is 0 Å². The second kappa shape index (κ2) is 5.63. The summed E-state index contributed by atoms with van der Waals surface area (Å²) < 4.78 is 6.78. The van der Waals surface area contributed by atoms with E-state index in [1.807, 2.05) is 6.20 Å². The maximum Gasteiger partial charge on any atom is 0.213 e. The molecule has 0 spiro atoms. The van der Waals surface area contributed by atoms with Crippen LogP contribution in [0.25, 0.3) is 0 Å². The van der Waals surface area contributed by atoms with Crippen LogP contribution in [0.1, 0.15) is 37.7 Å². The molecule has 0 aromatic carbocycles. The van der Waals surface area contributed by atoms with Gasteiger partial charge in [0.25, 0.3) is 0 Å². The van der Waals surface area contributed by atoms with Crippen LogP contribution in [0.2, 0.25) is 0 Å². The van der Waals surface area contributed by atoms with Crippen molar-refractivity contribution in [3.8, 4) is 0 Å². The van der Waals surface area contributed by atoms with Crippen LogP contribution >= 0.6 is 0 Å². The molecule has 0 radical (unpaired) electrons. The maximum absolute atomic E-state index is 4.71. The molecule has 2 rings (SSSR count). The summed E-state index contributed by atoms with van der Waals surface area (Å²) in [4.78, 5) is 4.01. The third-order valence-corrected chi connectivity index (χ3v) is 2.77. The molecule has 0 saturated carbocycles. The minimum absolute atomic E-state index is 0.423. The van der Waals surface area contributed by atoms with Gasteiger partial charge in [-0.3, -0.25) is 0 Å². The molecule has 17 heavy (non-hydrogen) atoms. The summed E-state index contributed by atoms with van der Waals surface area (Å²) in [5.74, 6) is 0.698. The van der Waals surface area contributed by atoms with Gasteiger partial charge in [-0.05, 0) is 24.6 Å². The molecule has 1 atom stereocenters. The summed E-state index contributed by atoms with van der Waals surface area (Å²) in [6, 6.07) is 2.56. The molecule has 2 aromatic rings. The van der Waals surface area contributed by atoms with Gasteiger partial charge < -0.3 is 14.4 Å². The highest BCUT2D eigenvalue weighted by molar-refractivity contribution is 5.15. The van der Waals surface area contributed by atoms with Crippen molar-refractivity contribution in [2.75, 3.05) is 6.54 Å². The van der Waals surface area contributed by atoms with Crippen LogP contribution in [0.15, 0.2) is 29.4 Å². The molecule has 0 aliphatic carbocycles. The SMILES string of the molecule is CCNC(CC)c1ccn(Cc2ncon2)c1. The Hall–Kier alpha value is -1.62. The smallest absolute Gasteiger partial charge is 0.213 e. The molecule has 0 amide bonds. The first-order chi connectivity index (χ1) is 8.33. The second-order valence-electron chi connectivity index (χ2n) is 3.98. The summed E-state index contributed by atoms with van der Waals surface area (Å²) in [6.45, 7) is 5.94.